The number of carbonyl (C=O) groups is 1. The zero-order valence-electron chi connectivity index (χ0n) is 12.3. The van der Waals surface area contributed by atoms with Crippen molar-refractivity contribution in [3.05, 3.63) is 63.1 Å². The van der Waals surface area contributed by atoms with E-state index in [0.717, 1.165) is 5.69 Å². The lowest BCUT2D eigenvalue weighted by Crippen LogP contribution is -2.25. The van der Waals surface area contributed by atoms with Gasteiger partial charge in [0.25, 0.3) is 0 Å². The van der Waals surface area contributed by atoms with Crippen molar-refractivity contribution in [3.63, 3.8) is 0 Å². The Morgan fingerprint density at radius 3 is 2.19 bits per heavy atom. The van der Waals surface area contributed by atoms with Crippen LogP contribution in [-0.4, -0.2) is 19.4 Å². The third-order valence-electron chi connectivity index (χ3n) is 3.27. The minimum atomic E-state index is 0.00947. The predicted octanol–water partition coefficient (Wildman–Crippen LogP) is 4.93. The number of nitrogens with zero attached hydrogens (tertiary/aromatic N) is 1. The molecule has 0 heterocycles. The molecule has 0 spiro atoms. The van der Waals surface area contributed by atoms with E-state index in [1.165, 1.54) is 11.1 Å². The maximum Gasteiger partial charge on any atom is 0.182 e. The van der Waals surface area contributed by atoms with E-state index < -0.39 is 0 Å². The van der Waals surface area contributed by atoms with Gasteiger partial charge in [-0.15, -0.1) is 0 Å². The van der Waals surface area contributed by atoms with E-state index in [1.807, 2.05) is 25.8 Å². The van der Waals surface area contributed by atoms with E-state index in [2.05, 4.69) is 18.2 Å². The van der Waals surface area contributed by atoms with Gasteiger partial charge in [0.05, 0.1) is 16.6 Å². The number of ketones is 1. The van der Waals surface area contributed by atoms with Gasteiger partial charge in [0.2, 0.25) is 0 Å². The monoisotopic (exact) mass is 321 g/mol. The van der Waals surface area contributed by atoms with Gasteiger partial charge < -0.3 is 4.90 Å². The second-order valence-corrected chi connectivity index (χ2v) is 6.07. The van der Waals surface area contributed by atoms with Crippen LogP contribution in [0.15, 0.2) is 36.4 Å². The van der Waals surface area contributed by atoms with Crippen molar-refractivity contribution >= 4 is 34.7 Å². The summed E-state index contributed by atoms with van der Waals surface area (Å²) in [6.07, 6.45) is 0. The Morgan fingerprint density at radius 2 is 1.62 bits per heavy atom. The van der Waals surface area contributed by atoms with Crippen LogP contribution in [0.5, 0.6) is 0 Å². The Morgan fingerprint density at radius 1 is 1.00 bits per heavy atom. The summed E-state index contributed by atoms with van der Waals surface area (Å²) in [6.45, 7) is 4.39. The zero-order valence-corrected chi connectivity index (χ0v) is 13.8. The van der Waals surface area contributed by atoms with Crippen LogP contribution in [0, 0.1) is 13.8 Å². The summed E-state index contributed by atoms with van der Waals surface area (Å²) in [7, 11) is 1.91. The number of benzene rings is 2. The van der Waals surface area contributed by atoms with Gasteiger partial charge in [0, 0.05) is 18.3 Å². The highest BCUT2D eigenvalue weighted by atomic mass is 35.5. The van der Waals surface area contributed by atoms with Crippen LogP contribution >= 0.6 is 23.2 Å². The van der Waals surface area contributed by atoms with E-state index in [1.54, 1.807) is 18.2 Å². The smallest absolute Gasteiger partial charge is 0.182 e. The third-order valence-corrected chi connectivity index (χ3v) is 4.01. The molecule has 0 aromatic heterocycles. The van der Waals surface area contributed by atoms with Crippen molar-refractivity contribution in [2.24, 2.45) is 0 Å². The van der Waals surface area contributed by atoms with E-state index in [4.69, 9.17) is 23.2 Å². The second kappa shape index (κ2) is 6.50. The lowest BCUT2D eigenvalue weighted by Gasteiger charge is -2.19. The van der Waals surface area contributed by atoms with Crippen LogP contribution < -0.4 is 4.90 Å². The first kappa shape index (κ1) is 15.9. The highest BCUT2D eigenvalue weighted by Crippen LogP contribution is 2.23. The Kier molecular flexibility index (Phi) is 4.92. The number of likely N-dealkylation sites (N-methyl/N-ethyl adjacent to an activating group) is 1. The molecule has 0 aliphatic carbocycles. The van der Waals surface area contributed by atoms with E-state index in [0.29, 0.717) is 22.2 Å². The van der Waals surface area contributed by atoms with Crippen LogP contribution in [0.2, 0.25) is 10.0 Å². The lowest BCUT2D eigenvalue weighted by atomic mass is 10.1. The number of hydrogen-bond acceptors (Lipinski definition) is 2. The first-order valence-electron chi connectivity index (χ1n) is 6.64. The Balaban J connectivity index is 2.16. The summed E-state index contributed by atoms with van der Waals surface area (Å²) >= 11 is 11.8. The van der Waals surface area contributed by atoms with Gasteiger partial charge in [-0.1, -0.05) is 29.3 Å². The molecule has 21 heavy (non-hydrogen) atoms. The van der Waals surface area contributed by atoms with Crippen LogP contribution in [-0.2, 0) is 0 Å². The van der Waals surface area contributed by atoms with Crippen molar-refractivity contribution in [3.8, 4) is 0 Å². The van der Waals surface area contributed by atoms with Gasteiger partial charge in [0.1, 0.15) is 0 Å². The molecule has 0 aliphatic rings. The molecule has 0 amide bonds. The molecular formula is C17H17Cl2NO. The minimum absolute atomic E-state index is 0.00947. The number of hydrogen-bond donors (Lipinski definition) is 0. The van der Waals surface area contributed by atoms with Gasteiger partial charge in [-0.05, 0) is 55.3 Å². The normalized spacial score (nSPS) is 10.5. The van der Waals surface area contributed by atoms with Crippen molar-refractivity contribution < 1.29 is 4.79 Å². The average Bonchev–Trinajstić information content (AvgIpc) is 2.40. The number of carbonyl (C=O) groups excluding carboxylic acids is 1. The molecule has 2 aromatic carbocycles. The predicted molar refractivity (Wildman–Crippen MR) is 90.0 cm³/mol. The van der Waals surface area contributed by atoms with Gasteiger partial charge in [0.15, 0.2) is 5.78 Å². The van der Waals surface area contributed by atoms with E-state index in [-0.39, 0.29) is 5.78 Å². The molecule has 0 fully saturated rings. The van der Waals surface area contributed by atoms with Crippen molar-refractivity contribution in [1.82, 2.24) is 0 Å². The third kappa shape index (κ3) is 3.99. The minimum Gasteiger partial charge on any atom is -0.367 e. The molecule has 2 nitrogen and oxygen atoms in total. The molecular weight excluding hydrogens is 305 g/mol. The summed E-state index contributed by atoms with van der Waals surface area (Å²) in [5, 5.41) is 0.854. The summed E-state index contributed by atoms with van der Waals surface area (Å²) in [4.78, 5) is 14.3. The molecule has 0 aliphatic heterocycles. The van der Waals surface area contributed by atoms with Gasteiger partial charge in [-0.3, -0.25) is 4.79 Å². The highest BCUT2D eigenvalue weighted by molar-refractivity contribution is 6.42. The lowest BCUT2D eigenvalue weighted by molar-refractivity contribution is 0.100. The number of anilines is 1. The number of aryl methyl sites for hydroxylation is 2. The van der Waals surface area contributed by atoms with E-state index in [9.17, 15) is 4.79 Å². The van der Waals surface area contributed by atoms with Gasteiger partial charge in [-0.2, -0.15) is 0 Å². The fourth-order valence-electron chi connectivity index (χ4n) is 2.24. The molecule has 0 saturated carbocycles. The number of halogens is 2. The second-order valence-electron chi connectivity index (χ2n) is 5.25. The van der Waals surface area contributed by atoms with Gasteiger partial charge in [-0.25, -0.2) is 0 Å². The molecule has 0 unspecified atom stereocenters. The Labute approximate surface area is 135 Å². The van der Waals surface area contributed by atoms with Gasteiger partial charge >= 0.3 is 0 Å². The summed E-state index contributed by atoms with van der Waals surface area (Å²) in [6, 6.07) is 11.2. The molecule has 0 saturated heterocycles. The average molecular weight is 322 g/mol. The molecule has 0 bridgehead atoms. The van der Waals surface area contributed by atoms with Crippen LogP contribution in [0.3, 0.4) is 0 Å². The summed E-state index contributed by atoms with van der Waals surface area (Å²) < 4.78 is 0. The fourth-order valence-corrected chi connectivity index (χ4v) is 2.54. The SMILES string of the molecule is Cc1cc(C)cc(N(C)CC(=O)c2ccc(Cl)c(Cl)c2)c1. The molecule has 110 valence electrons. The standard InChI is InChI=1S/C17H17Cl2NO/c1-11-6-12(2)8-14(7-11)20(3)10-17(21)13-4-5-15(18)16(19)9-13/h4-9H,10H2,1-3H3. The molecule has 0 radical (unpaired) electrons. The van der Waals surface area contributed by atoms with Crippen LogP contribution in [0.1, 0.15) is 21.5 Å². The Hall–Kier alpha value is -1.51. The number of rotatable bonds is 4. The molecule has 2 aromatic rings. The largest absolute Gasteiger partial charge is 0.367 e. The van der Waals surface area contributed by atoms with E-state index >= 15 is 0 Å². The molecule has 0 atom stereocenters. The molecule has 0 N–H and O–H groups in total. The fraction of sp³-hybridized carbons (Fsp3) is 0.235. The Bertz CT molecular complexity index is 662. The first-order valence-corrected chi connectivity index (χ1v) is 7.40. The topological polar surface area (TPSA) is 20.3 Å². The quantitative estimate of drug-likeness (QED) is 0.744. The molecule has 4 heteroatoms. The van der Waals surface area contributed by atoms with Crippen molar-refractivity contribution in [2.75, 3.05) is 18.5 Å². The molecule has 2 rings (SSSR count). The first-order chi connectivity index (χ1) is 9.86. The van der Waals surface area contributed by atoms with Crippen molar-refractivity contribution in [1.29, 1.82) is 0 Å². The van der Waals surface area contributed by atoms with Crippen molar-refractivity contribution in [2.45, 2.75) is 13.8 Å². The maximum atomic E-state index is 12.3. The van der Waals surface area contributed by atoms with Crippen LogP contribution in [0.25, 0.3) is 0 Å². The maximum absolute atomic E-state index is 12.3. The zero-order chi connectivity index (χ0) is 15.6. The number of Topliss-reactive ketones (excluding diaryl/α,β-unsaturated/α-hetero) is 1. The highest BCUT2D eigenvalue weighted by Gasteiger charge is 2.12. The summed E-state index contributed by atoms with van der Waals surface area (Å²) in [5.41, 5.74) is 3.96. The van der Waals surface area contributed by atoms with Crippen LogP contribution in [0.4, 0.5) is 5.69 Å². The summed E-state index contributed by atoms with van der Waals surface area (Å²) in [5.74, 6) is 0.00947.